The van der Waals surface area contributed by atoms with Crippen molar-refractivity contribution in [3.8, 4) is 44.9 Å². The Labute approximate surface area is 440 Å². The minimum atomic E-state index is -1.10. The van der Waals surface area contributed by atoms with Gasteiger partial charge in [-0.15, -0.1) is 0 Å². The molecule has 2 aromatic heterocycles. The molecular formula is C62H53F2LiN2O7. The third-order valence-corrected chi connectivity index (χ3v) is 13.2. The average molecular weight is 983 g/mol. The molecule has 0 radical (unpaired) electrons. The molecule has 12 heteroatoms. The van der Waals surface area contributed by atoms with Crippen molar-refractivity contribution in [2.75, 3.05) is 30.5 Å². The minimum Gasteiger partial charge on any atom is -0.870 e. The summed E-state index contributed by atoms with van der Waals surface area (Å²) in [5, 5.41) is 11.3. The van der Waals surface area contributed by atoms with Crippen molar-refractivity contribution < 1.29 is 61.4 Å². The fourth-order valence-electron chi connectivity index (χ4n) is 9.10. The van der Waals surface area contributed by atoms with Crippen molar-refractivity contribution in [3.63, 3.8) is 0 Å². The van der Waals surface area contributed by atoms with Gasteiger partial charge in [-0.3, -0.25) is 0 Å². The van der Waals surface area contributed by atoms with Crippen LogP contribution in [0.5, 0.6) is 0 Å². The Balaban J connectivity index is 0.000000211. The summed E-state index contributed by atoms with van der Waals surface area (Å²) in [6, 6.07) is 59.9. The van der Waals surface area contributed by atoms with Crippen LogP contribution in [-0.4, -0.2) is 43.2 Å². The molecule has 2 unspecified atom stereocenters. The number of halogens is 2. The van der Waals surface area contributed by atoms with Crippen LogP contribution in [0.15, 0.2) is 203 Å². The van der Waals surface area contributed by atoms with Gasteiger partial charge in [0.05, 0.1) is 18.7 Å². The van der Waals surface area contributed by atoms with Gasteiger partial charge in [-0.1, -0.05) is 121 Å². The van der Waals surface area contributed by atoms with E-state index in [1.807, 2.05) is 116 Å². The topological polar surface area (TPSA) is 126 Å². The monoisotopic (exact) mass is 982 g/mol. The summed E-state index contributed by atoms with van der Waals surface area (Å²) in [6.07, 6.45) is 0. The van der Waals surface area contributed by atoms with Gasteiger partial charge in [0.15, 0.2) is 0 Å². The molecule has 2 N–H and O–H groups in total. The molecular weight excluding hydrogens is 930 g/mol. The number of aromatic carboxylic acids is 1. The number of hydrogen-bond donors (Lipinski definition) is 1. The number of benzene rings is 8. The van der Waals surface area contributed by atoms with Gasteiger partial charge < -0.3 is 34.0 Å². The molecule has 368 valence electrons. The molecule has 0 amide bonds. The predicted molar refractivity (Wildman–Crippen MR) is 285 cm³/mol. The molecule has 9 nitrogen and oxygen atoms in total. The van der Waals surface area contributed by atoms with Gasteiger partial charge in [0.1, 0.15) is 45.4 Å². The predicted octanol–water partition coefficient (Wildman–Crippen LogP) is 12.9. The Morgan fingerprint density at radius 1 is 0.527 bits per heavy atom. The summed E-state index contributed by atoms with van der Waals surface area (Å²) in [5.41, 5.74) is 10.6. The third kappa shape index (κ3) is 11.1. The third-order valence-electron chi connectivity index (χ3n) is 13.2. The van der Waals surface area contributed by atoms with E-state index < -0.39 is 17.8 Å². The van der Waals surface area contributed by atoms with Gasteiger partial charge in [-0.25, -0.2) is 18.4 Å². The SMILES string of the molecule is CC(c1ccccc1)N(C)c1cc2oc(-c3ccc(F)cc3)c(C(=O)O)c2cc1-c1ccccc1.CCOC(=O)c1c(-c2ccc(F)cc2)oc2cc(N(C)C(C)c3ccccc3)c(-c3ccccc3)cc12.[Li+].[OH-]. The molecule has 0 bridgehead atoms. The van der Waals surface area contributed by atoms with E-state index in [1.165, 1.54) is 42.0 Å². The van der Waals surface area contributed by atoms with E-state index in [-0.39, 0.29) is 60.2 Å². The second kappa shape index (κ2) is 23.6. The van der Waals surface area contributed by atoms with Gasteiger partial charge in [-0.05, 0) is 104 Å². The first-order valence-corrected chi connectivity index (χ1v) is 23.7. The van der Waals surface area contributed by atoms with Crippen LogP contribution in [0, 0.1) is 11.6 Å². The van der Waals surface area contributed by atoms with Crippen LogP contribution in [0.25, 0.3) is 66.8 Å². The summed E-state index contributed by atoms with van der Waals surface area (Å²) in [7, 11) is 4.08. The van der Waals surface area contributed by atoms with Gasteiger partial charge in [0.2, 0.25) is 0 Å². The van der Waals surface area contributed by atoms with Crippen molar-refractivity contribution in [2.24, 2.45) is 0 Å². The van der Waals surface area contributed by atoms with Gasteiger partial charge in [0.25, 0.3) is 0 Å². The summed E-state index contributed by atoms with van der Waals surface area (Å²) in [6.45, 7) is 6.29. The zero-order valence-corrected chi connectivity index (χ0v) is 41.9. The molecule has 10 rings (SSSR count). The van der Waals surface area contributed by atoms with E-state index in [4.69, 9.17) is 13.6 Å². The minimum absolute atomic E-state index is 0. The second-order valence-corrected chi connectivity index (χ2v) is 17.5. The van der Waals surface area contributed by atoms with Crippen LogP contribution < -0.4 is 28.7 Å². The molecule has 0 aliphatic rings. The number of hydrogen-bond acceptors (Lipinski definition) is 8. The molecule has 10 aromatic rings. The summed E-state index contributed by atoms with van der Waals surface area (Å²) in [4.78, 5) is 29.9. The Kier molecular flexibility index (Phi) is 17.1. The van der Waals surface area contributed by atoms with Gasteiger partial charge in [-0.2, -0.15) is 0 Å². The number of carbonyl (C=O) groups is 2. The average Bonchev–Trinajstić information content (AvgIpc) is 3.99. The second-order valence-electron chi connectivity index (χ2n) is 17.5. The van der Waals surface area contributed by atoms with Crippen LogP contribution in [0.3, 0.4) is 0 Å². The molecule has 0 spiro atoms. The normalized spacial score (nSPS) is 11.6. The van der Waals surface area contributed by atoms with Crippen LogP contribution in [0.2, 0.25) is 0 Å². The molecule has 0 saturated carbocycles. The number of ether oxygens (including phenoxy) is 1. The van der Waals surface area contributed by atoms with E-state index in [2.05, 4.69) is 67.1 Å². The number of furan rings is 2. The smallest absolute Gasteiger partial charge is 0.870 e. The van der Waals surface area contributed by atoms with E-state index >= 15 is 0 Å². The molecule has 74 heavy (non-hydrogen) atoms. The van der Waals surface area contributed by atoms with Crippen molar-refractivity contribution in [1.29, 1.82) is 0 Å². The Hall–Kier alpha value is -8.20. The number of carboxylic acids is 1. The molecule has 0 saturated heterocycles. The molecule has 0 fully saturated rings. The first-order chi connectivity index (χ1) is 34.9. The van der Waals surface area contributed by atoms with Crippen LogP contribution >= 0.6 is 0 Å². The maximum atomic E-state index is 13.7. The number of nitrogens with zero attached hydrogens (tertiary/aromatic N) is 2. The van der Waals surface area contributed by atoms with Crippen molar-refractivity contribution in [2.45, 2.75) is 32.9 Å². The van der Waals surface area contributed by atoms with Crippen molar-refractivity contribution in [1.82, 2.24) is 0 Å². The molecule has 2 heterocycles. The molecule has 0 aliphatic carbocycles. The number of fused-ring (bicyclic) bond motifs is 2. The zero-order valence-electron chi connectivity index (χ0n) is 41.9. The van der Waals surface area contributed by atoms with Crippen molar-refractivity contribution in [3.05, 3.63) is 228 Å². The van der Waals surface area contributed by atoms with Gasteiger partial charge in [0, 0.05) is 70.6 Å². The maximum Gasteiger partial charge on any atom is 1.00 e. The van der Waals surface area contributed by atoms with E-state index in [0.717, 1.165) is 39.2 Å². The number of carbonyl (C=O) groups excluding carboxylic acids is 1. The standard InChI is InChI=1S/C32H28FNO3.C30H24FNO3.Li.H2O/c1-4-36-32(35)30-27-19-26(23-13-9-6-10-14-23)28(34(3)21(2)22-11-7-5-8-12-22)20-29(27)37-31(30)24-15-17-25(33)18-16-24;1-19(20-9-5-3-6-10-20)32(2)26-18-27-25(17-24(26)21-11-7-4-8-12-21)28(30(33)34)29(35-27)22-13-15-23(31)16-14-22;;/h5-21H,4H2,1-3H3;3-19H,1-2H3,(H,33,34);;1H2/q;;+1;/p-1. The Bertz CT molecular complexity index is 3500. The number of anilines is 2. The first-order valence-electron chi connectivity index (χ1n) is 23.7. The van der Waals surface area contributed by atoms with E-state index in [0.29, 0.717) is 44.4 Å². The van der Waals surface area contributed by atoms with Crippen LogP contribution in [-0.2, 0) is 4.74 Å². The quantitative estimate of drug-likeness (QED) is 0.0887. The van der Waals surface area contributed by atoms with E-state index in [9.17, 15) is 23.5 Å². The zero-order chi connectivity index (χ0) is 50.5. The largest absolute Gasteiger partial charge is 1.00 e. The van der Waals surface area contributed by atoms with Crippen LogP contribution in [0.1, 0.15) is 64.7 Å². The number of esters is 1. The fourth-order valence-corrected chi connectivity index (χ4v) is 9.10. The first kappa shape index (κ1) is 53.6. The summed E-state index contributed by atoms with van der Waals surface area (Å²) in [5.74, 6) is -1.75. The fraction of sp³-hybridized carbons (Fsp3) is 0.129. The van der Waals surface area contributed by atoms with Crippen LogP contribution in [0.4, 0.5) is 20.2 Å². The molecule has 0 aliphatic heterocycles. The molecule has 2 atom stereocenters. The Morgan fingerprint density at radius 2 is 0.878 bits per heavy atom. The number of carboxylic acid groups (broad SMARTS) is 1. The summed E-state index contributed by atoms with van der Waals surface area (Å²) >= 11 is 0. The number of rotatable bonds is 13. The Morgan fingerprint density at radius 3 is 1.24 bits per heavy atom. The summed E-state index contributed by atoms with van der Waals surface area (Å²) < 4.78 is 45.0. The van der Waals surface area contributed by atoms with Crippen molar-refractivity contribution >= 4 is 45.3 Å². The van der Waals surface area contributed by atoms with Gasteiger partial charge >= 0.3 is 30.8 Å². The molecule has 8 aromatic carbocycles. The maximum absolute atomic E-state index is 13.7. The van der Waals surface area contributed by atoms with E-state index in [1.54, 1.807) is 19.1 Å².